The average Bonchev–Trinajstić information content (AvgIpc) is 3.02. The zero-order chi connectivity index (χ0) is 19.7. The Hall–Kier alpha value is -1.32. The van der Waals surface area contributed by atoms with Gasteiger partial charge in [-0.05, 0) is 12.8 Å². The third-order valence-corrected chi connectivity index (χ3v) is 5.51. The van der Waals surface area contributed by atoms with Crippen molar-refractivity contribution in [2.75, 3.05) is 0 Å². The van der Waals surface area contributed by atoms with Crippen LogP contribution in [0.25, 0.3) is 0 Å². The van der Waals surface area contributed by atoms with E-state index in [1.807, 2.05) is 6.20 Å². The zero-order valence-corrected chi connectivity index (χ0v) is 17.9. The lowest BCUT2D eigenvalue weighted by molar-refractivity contribution is -0.675. The second-order valence-electron chi connectivity index (χ2n) is 8.02. The Morgan fingerprint density at radius 3 is 1.63 bits per heavy atom. The van der Waals surface area contributed by atoms with Crippen LogP contribution in [-0.4, -0.2) is 10.5 Å². The maximum atomic E-state index is 11.1. The molecular formula is C23H42N2O2. The number of hydrogen-bond donors (Lipinski definition) is 0. The van der Waals surface area contributed by atoms with Crippen molar-refractivity contribution in [2.45, 2.75) is 116 Å². The molecule has 0 aliphatic heterocycles. The number of rotatable bonds is 18. The Balaban J connectivity index is 1.85. The van der Waals surface area contributed by atoms with Gasteiger partial charge in [-0.25, -0.2) is 9.13 Å². The number of imidazole rings is 1. The van der Waals surface area contributed by atoms with E-state index in [0.717, 1.165) is 13.0 Å². The highest BCUT2D eigenvalue weighted by Gasteiger charge is 2.14. The van der Waals surface area contributed by atoms with Gasteiger partial charge in [0.05, 0.1) is 13.6 Å². The van der Waals surface area contributed by atoms with Crippen molar-refractivity contribution in [1.82, 2.24) is 4.57 Å². The molecule has 0 bridgehead atoms. The van der Waals surface area contributed by atoms with Gasteiger partial charge in [-0.3, -0.25) is 0 Å². The van der Waals surface area contributed by atoms with E-state index in [9.17, 15) is 9.90 Å². The summed E-state index contributed by atoms with van der Waals surface area (Å²) in [5.41, 5.74) is 0. The van der Waals surface area contributed by atoms with Gasteiger partial charge in [0, 0.05) is 0 Å². The minimum atomic E-state index is -1.10. The zero-order valence-electron chi connectivity index (χ0n) is 17.9. The van der Waals surface area contributed by atoms with E-state index in [1.165, 1.54) is 96.3 Å². The minimum absolute atomic E-state index is 0.260. The molecule has 0 saturated heterocycles. The van der Waals surface area contributed by atoms with Crippen LogP contribution in [-0.2, 0) is 13.6 Å². The lowest BCUT2D eigenvalue weighted by Gasteiger charge is -2.04. The molecule has 0 aliphatic carbocycles. The molecule has 0 unspecified atom stereocenters. The first kappa shape index (κ1) is 23.7. The van der Waals surface area contributed by atoms with Gasteiger partial charge in [0.15, 0.2) is 5.97 Å². The largest absolute Gasteiger partial charge is 0.538 e. The fourth-order valence-corrected chi connectivity index (χ4v) is 3.80. The SMILES string of the molecule is CCCCCCCCCCCCCCCCCCn1cc[n+](C)c1C(=O)[O-]. The highest BCUT2D eigenvalue weighted by Crippen LogP contribution is 2.14. The van der Waals surface area contributed by atoms with E-state index in [1.54, 1.807) is 22.4 Å². The third-order valence-electron chi connectivity index (χ3n) is 5.51. The van der Waals surface area contributed by atoms with Crippen LogP contribution < -0.4 is 9.67 Å². The molecule has 0 saturated carbocycles. The van der Waals surface area contributed by atoms with Crippen LogP contribution in [0, 0.1) is 0 Å². The summed E-state index contributed by atoms with van der Waals surface area (Å²) in [7, 11) is 1.75. The van der Waals surface area contributed by atoms with Gasteiger partial charge in [0.1, 0.15) is 12.4 Å². The molecule has 0 aromatic carbocycles. The number of hydrogen-bond acceptors (Lipinski definition) is 2. The van der Waals surface area contributed by atoms with Crippen molar-refractivity contribution < 1.29 is 14.5 Å². The summed E-state index contributed by atoms with van der Waals surface area (Å²) in [6.07, 6.45) is 25.2. The predicted molar refractivity (Wildman–Crippen MR) is 109 cm³/mol. The molecule has 0 aliphatic rings. The van der Waals surface area contributed by atoms with E-state index < -0.39 is 5.97 Å². The molecular weight excluding hydrogens is 336 g/mol. The van der Waals surface area contributed by atoms with Gasteiger partial charge in [-0.1, -0.05) is 96.8 Å². The van der Waals surface area contributed by atoms with Gasteiger partial charge in [-0.15, -0.1) is 0 Å². The molecule has 0 N–H and O–H groups in total. The van der Waals surface area contributed by atoms with Crippen molar-refractivity contribution in [1.29, 1.82) is 0 Å². The Kier molecular flexibility index (Phi) is 13.8. The van der Waals surface area contributed by atoms with Crippen LogP contribution in [0.5, 0.6) is 0 Å². The van der Waals surface area contributed by atoms with Crippen LogP contribution in [0.4, 0.5) is 0 Å². The second-order valence-corrected chi connectivity index (χ2v) is 8.02. The van der Waals surface area contributed by atoms with Crippen molar-refractivity contribution in [3.63, 3.8) is 0 Å². The number of unbranched alkanes of at least 4 members (excludes halogenated alkanes) is 15. The van der Waals surface area contributed by atoms with Crippen LogP contribution in [0.3, 0.4) is 0 Å². The fraction of sp³-hybridized carbons (Fsp3) is 0.826. The molecule has 0 radical (unpaired) electrons. The molecule has 0 atom stereocenters. The first-order chi connectivity index (χ1) is 13.2. The Morgan fingerprint density at radius 2 is 1.22 bits per heavy atom. The summed E-state index contributed by atoms with van der Waals surface area (Å²) in [4.78, 5) is 11.1. The van der Waals surface area contributed by atoms with Crippen LogP contribution in [0.15, 0.2) is 12.4 Å². The van der Waals surface area contributed by atoms with Gasteiger partial charge < -0.3 is 9.90 Å². The molecule has 4 nitrogen and oxygen atoms in total. The summed E-state index contributed by atoms with van der Waals surface area (Å²) in [5.74, 6) is -0.838. The fourth-order valence-electron chi connectivity index (χ4n) is 3.80. The maximum Gasteiger partial charge on any atom is 0.304 e. The monoisotopic (exact) mass is 378 g/mol. The van der Waals surface area contributed by atoms with Crippen molar-refractivity contribution in [3.05, 3.63) is 18.2 Å². The number of carbonyl (C=O) groups is 1. The van der Waals surface area contributed by atoms with Gasteiger partial charge in [0.25, 0.3) is 0 Å². The first-order valence-corrected chi connectivity index (χ1v) is 11.4. The van der Waals surface area contributed by atoms with E-state index in [-0.39, 0.29) is 5.82 Å². The molecule has 27 heavy (non-hydrogen) atoms. The summed E-state index contributed by atoms with van der Waals surface area (Å²) in [6.45, 7) is 3.04. The molecule has 1 rings (SSSR count). The molecule has 1 heterocycles. The first-order valence-electron chi connectivity index (χ1n) is 11.4. The van der Waals surface area contributed by atoms with Crippen molar-refractivity contribution >= 4 is 5.97 Å². The van der Waals surface area contributed by atoms with Gasteiger partial charge in [-0.2, -0.15) is 0 Å². The Bertz CT molecular complexity index is 497. The summed E-state index contributed by atoms with van der Waals surface area (Å²) >= 11 is 0. The lowest BCUT2D eigenvalue weighted by atomic mass is 10.0. The average molecular weight is 379 g/mol. The van der Waals surface area contributed by atoms with E-state index in [2.05, 4.69) is 6.92 Å². The topological polar surface area (TPSA) is 48.9 Å². The van der Waals surface area contributed by atoms with Crippen molar-refractivity contribution in [3.8, 4) is 0 Å². The maximum absolute atomic E-state index is 11.1. The smallest absolute Gasteiger partial charge is 0.304 e. The standard InChI is InChI=1S/C23H42N2O2/c1-3-4-5-6-7-8-9-10-11-12-13-14-15-16-17-18-19-25-21-20-24(2)22(25)23(26)27/h20-21H,3-19H2,1-2H3. The number of carbonyl (C=O) groups excluding carboxylic acids is 1. The van der Waals surface area contributed by atoms with Crippen molar-refractivity contribution in [2.24, 2.45) is 7.05 Å². The van der Waals surface area contributed by atoms with Crippen LogP contribution in [0.2, 0.25) is 0 Å². The van der Waals surface area contributed by atoms with E-state index >= 15 is 0 Å². The number of carboxylic acids is 1. The molecule has 1 aromatic heterocycles. The molecule has 4 heteroatoms. The molecule has 156 valence electrons. The molecule has 0 fully saturated rings. The number of aryl methyl sites for hydroxylation is 2. The Morgan fingerprint density at radius 1 is 0.815 bits per heavy atom. The summed E-state index contributed by atoms with van der Waals surface area (Å²) in [5, 5.41) is 11.1. The number of carboxylic acid groups (broad SMARTS) is 1. The van der Waals surface area contributed by atoms with Crippen LogP contribution in [0.1, 0.15) is 120 Å². The minimum Gasteiger partial charge on any atom is -0.538 e. The van der Waals surface area contributed by atoms with Gasteiger partial charge in [0.2, 0.25) is 0 Å². The highest BCUT2D eigenvalue weighted by atomic mass is 16.4. The van der Waals surface area contributed by atoms with E-state index in [0.29, 0.717) is 0 Å². The highest BCUT2D eigenvalue weighted by molar-refractivity contribution is 5.79. The molecule has 0 spiro atoms. The lowest BCUT2D eigenvalue weighted by Crippen LogP contribution is -2.41. The second kappa shape index (κ2) is 15.7. The predicted octanol–water partition coefficient (Wildman–Crippen LogP) is 4.94. The Labute approximate surface area is 167 Å². The number of aromatic carboxylic acids is 1. The third kappa shape index (κ3) is 11.2. The molecule has 1 aromatic rings. The number of nitrogens with zero attached hydrogens (tertiary/aromatic N) is 2. The summed E-state index contributed by atoms with van der Waals surface area (Å²) < 4.78 is 3.40. The van der Waals surface area contributed by atoms with Crippen LogP contribution >= 0.6 is 0 Å². The normalized spacial score (nSPS) is 11.2. The van der Waals surface area contributed by atoms with E-state index in [4.69, 9.17) is 0 Å². The number of aromatic nitrogens is 2. The molecule has 0 amide bonds. The summed E-state index contributed by atoms with van der Waals surface area (Å²) in [6, 6.07) is 0. The van der Waals surface area contributed by atoms with Gasteiger partial charge >= 0.3 is 5.82 Å². The quantitative estimate of drug-likeness (QED) is 0.268.